The van der Waals surface area contributed by atoms with Crippen LogP contribution in [0.1, 0.15) is 44.9 Å². The van der Waals surface area contributed by atoms with Crippen molar-refractivity contribution in [3.8, 4) is 23.6 Å². The van der Waals surface area contributed by atoms with Gasteiger partial charge in [-0.2, -0.15) is 10.1 Å². The van der Waals surface area contributed by atoms with E-state index >= 15 is 0 Å². The van der Waals surface area contributed by atoms with E-state index in [1.165, 1.54) is 6.33 Å². The number of aromatic nitrogens is 5. The zero-order valence-corrected chi connectivity index (χ0v) is 35.1. The maximum Gasteiger partial charge on any atom is 0.292 e. The molecule has 19 heteroatoms. The number of amides is 3. The third-order valence-corrected chi connectivity index (χ3v) is 9.52. The van der Waals surface area contributed by atoms with Crippen molar-refractivity contribution in [1.82, 2.24) is 39.4 Å². The summed E-state index contributed by atoms with van der Waals surface area (Å²) in [7, 11) is 5.26. The van der Waals surface area contributed by atoms with E-state index in [4.69, 9.17) is 51.1 Å². The van der Waals surface area contributed by atoms with Gasteiger partial charge in [-0.15, -0.1) is 12.3 Å². The largest absolute Gasteiger partial charge is 0.424 e. The second-order valence-electron chi connectivity index (χ2n) is 14.0. The Balaban J connectivity index is 0.964. The van der Waals surface area contributed by atoms with Crippen LogP contribution in [-0.2, 0) is 44.6 Å². The lowest BCUT2D eigenvalue weighted by atomic mass is 10.1. The summed E-state index contributed by atoms with van der Waals surface area (Å²) in [5.41, 5.74) is 15.2. The smallest absolute Gasteiger partial charge is 0.292 e. The molecule has 0 aliphatic rings. The van der Waals surface area contributed by atoms with E-state index in [1.54, 1.807) is 41.9 Å². The molecule has 1 aromatic carbocycles. The molecule has 4 aromatic rings. The van der Waals surface area contributed by atoms with Crippen molar-refractivity contribution in [2.24, 2.45) is 0 Å². The highest BCUT2D eigenvalue weighted by molar-refractivity contribution is 5.99. The number of unbranched alkanes of at least 4 members (excludes halogenated alkanes) is 2. The van der Waals surface area contributed by atoms with Gasteiger partial charge in [0.05, 0.1) is 84.3 Å². The van der Waals surface area contributed by atoms with Crippen molar-refractivity contribution >= 4 is 51.7 Å². The first-order chi connectivity index (χ1) is 29.1. The van der Waals surface area contributed by atoms with Crippen LogP contribution in [-0.4, -0.2) is 164 Å². The van der Waals surface area contributed by atoms with Gasteiger partial charge in [0.15, 0.2) is 11.2 Å². The number of rotatable bonds is 30. The molecule has 0 saturated heterocycles. The van der Waals surface area contributed by atoms with Gasteiger partial charge in [-0.25, -0.2) is 14.6 Å². The molecule has 0 saturated carbocycles. The van der Waals surface area contributed by atoms with Gasteiger partial charge in [0, 0.05) is 65.7 Å². The van der Waals surface area contributed by atoms with Crippen LogP contribution in [0.2, 0.25) is 0 Å². The van der Waals surface area contributed by atoms with Crippen molar-refractivity contribution in [3.63, 3.8) is 0 Å². The number of nitrogens with zero attached hydrogens (tertiary/aromatic N) is 8. The third kappa shape index (κ3) is 15.7. The van der Waals surface area contributed by atoms with Crippen molar-refractivity contribution in [3.05, 3.63) is 24.5 Å². The summed E-state index contributed by atoms with van der Waals surface area (Å²) in [4.78, 5) is 54.8. The number of fused-ring (bicyclic) bond motifs is 2. The van der Waals surface area contributed by atoms with Crippen LogP contribution in [0.15, 0.2) is 28.9 Å². The van der Waals surface area contributed by atoms with E-state index < -0.39 is 0 Å². The maximum absolute atomic E-state index is 12.7. The lowest BCUT2D eigenvalue weighted by Gasteiger charge is -2.18. The molecule has 3 aromatic heterocycles. The molecule has 0 aliphatic carbocycles. The number of nitrogen functional groups attached to an aromatic ring is 2. The van der Waals surface area contributed by atoms with Crippen molar-refractivity contribution < 1.29 is 42.5 Å². The fourth-order valence-electron chi connectivity index (χ4n) is 5.97. The summed E-state index contributed by atoms with van der Waals surface area (Å²) in [6.45, 7) is 5.80. The van der Waals surface area contributed by atoms with E-state index in [0.717, 1.165) is 18.4 Å². The quantitative estimate of drug-likeness (QED) is 0.0568. The molecule has 3 amide bonds. The van der Waals surface area contributed by atoms with Crippen molar-refractivity contribution in [1.29, 1.82) is 0 Å². The second-order valence-corrected chi connectivity index (χ2v) is 14.0. The standard InChI is InChI=1S/C41H60N10O9/c1-5-6-7-10-34(52)49(3)17-21-58-26-28-59-27-24-56-20-14-36(54)50(4)18-22-57-25-23-55-19-13-35(53)48(2)15-8-9-16-51-40-37(39(42)44-30-45-40)38(47-51)31-11-12-33-32(29-31)46-41(43)60-33/h1,11-12,29-30H,6-10,13-28H2,2-4H3,(H2,43,46)(H2,42,44,45). The van der Waals surface area contributed by atoms with E-state index in [-0.39, 0.29) is 43.2 Å². The summed E-state index contributed by atoms with van der Waals surface area (Å²) in [5.74, 6) is 2.87. The van der Waals surface area contributed by atoms with Crippen molar-refractivity contribution in [2.75, 3.05) is 118 Å². The fourth-order valence-corrected chi connectivity index (χ4v) is 5.97. The molecule has 0 fully saturated rings. The Morgan fingerprint density at radius 3 is 1.92 bits per heavy atom. The number of likely N-dealkylation sites (N-methyl/N-ethyl adjacent to an activating group) is 2. The topological polar surface area (TPSA) is 229 Å². The number of nitrogens with two attached hydrogens (primary N) is 2. The number of aryl methyl sites for hydroxylation is 1. The summed E-state index contributed by atoms with van der Waals surface area (Å²) in [6.07, 6.45) is 10.4. The fraction of sp³-hybridized carbons (Fsp3) is 0.585. The lowest BCUT2D eigenvalue weighted by Crippen LogP contribution is -2.31. The first kappa shape index (κ1) is 47.3. The third-order valence-electron chi connectivity index (χ3n) is 9.52. The summed E-state index contributed by atoms with van der Waals surface area (Å²) in [5, 5.41) is 5.48. The van der Waals surface area contributed by atoms with E-state index in [9.17, 15) is 14.4 Å². The number of oxazole rings is 1. The Hall–Kier alpha value is -5.39. The first-order valence-corrected chi connectivity index (χ1v) is 20.3. The van der Waals surface area contributed by atoms with Gasteiger partial charge in [-0.3, -0.25) is 14.4 Å². The Labute approximate surface area is 351 Å². The molecule has 0 spiro atoms. The molecule has 4 N–H and O–H groups in total. The lowest BCUT2D eigenvalue weighted by molar-refractivity contribution is -0.132. The number of carbonyl (C=O) groups is 3. The highest BCUT2D eigenvalue weighted by Gasteiger charge is 2.19. The van der Waals surface area contributed by atoms with Gasteiger partial charge in [0.2, 0.25) is 17.7 Å². The van der Waals surface area contributed by atoms with E-state index in [1.807, 2.05) is 16.8 Å². The highest BCUT2D eigenvalue weighted by atomic mass is 16.5. The minimum atomic E-state index is -0.0423. The molecule has 0 atom stereocenters. The Morgan fingerprint density at radius 1 is 0.733 bits per heavy atom. The molecule has 0 unspecified atom stereocenters. The molecule has 0 aliphatic heterocycles. The molecular formula is C41H60N10O9. The second kappa shape index (κ2) is 26.0. The normalized spacial score (nSPS) is 11.3. The van der Waals surface area contributed by atoms with Gasteiger partial charge >= 0.3 is 0 Å². The first-order valence-electron chi connectivity index (χ1n) is 20.3. The summed E-state index contributed by atoms with van der Waals surface area (Å²) in [6, 6.07) is 5.59. The van der Waals surface area contributed by atoms with Crippen LogP contribution in [0.5, 0.6) is 0 Å². The van der Waals surface area contributed by atoms with Crippen LogP contribution < -0.4 is 11.5 Å². The predicted octanol–water partition coefficient (Wildman–Crippen LogP) is 2.62. The van der Waals surface area contributed by atoms with Crippen LogP contribution in [0.4, 0.5) is 11.8 Å². The number of carbonyl (C=O) groups excluding carboxylic acids is 3. The van der Waals surface area contributed by atoms with Crippen LogP contribution in [0, 0.1) is 12.3 Å². The average molecular weight is 837 g/mol. The Morgan fingerprint density at radius 2 is 1.30 bits per heavy atom. The van der Waals surface area contributed by atoms with E-state index in [2.05, 4.69) is 20.9 Å². The maximum atomic E-state index is 12.7. The van der Waals surface area contributed by atoms with Gasteiger partial charge in [-0.1, -0.05) is 0 Å². The highest BCUT2D eigenvalue weighted by Crippen LogP contribution is 2.32. The Bertz CT molecular complexity index is 1980. The van der Waals surface area contributed by atoms with Gasteiger partial charge < -0.3 is 54.3 Å². The molecule has 4 rings (SSSR count). The molecule has 0 bridgehead atoms. The minimum absolute atomic E-state index is 0.00684. The number of hydrogen-bond acceptors (Lipinski definition) is 15. The SMILES string of the molecule is C#CCCCC(=O)N(C)CCOCCOCCOCCC(=O)N(C)CCOCCOCCC(=O)N(C)CCCCn1nc(-c2ccc3oc(N)nc3c2)c2c(N)ncnc21. The van der Waals surface area contributed by atoms with Crippen LogP contribution >= 0.6 is 0 Å². The minimum Gasteiger partial charge on any atom is -0.424 e. The van der Waals surface area contributed by atoms with Crippen LogP contribution in [0.25, 0.3) is 33.4 Å². The summed E-state index contributed by atoms with van der Waals surface area (Å²) >= 11 is 0. The van der Waals surface area contributed by atoms with Gasteiger partial charge in [0.25, 0.3) is 6.01 Å². The number of anilines is 2. The predicted molar refractivity (Wildman–Crippen MR) is 225 cm³/mol. The zero-order valence-electron chi connectivity index (χ0n) is 35.1. The molecule has 3 heterocycles. The Kier molecular flexibility index (Phi) is 20.5. The van der Waals surface area contributed by atoms with Gasteiger partial charge in [-0.05, 0) is 37.5 Å². The molecule has 60 heavy (non-hydrogen) atoms. The van der Waals surface area contributed by atoms with Gasteiger partial charge in [0.1, 0.15) is 23.4 Å². The summed E-state index contributed by atoms with van der Waals surface area (Å²) < 4.78 is 34.9. The zero-order chi connectivity index (χ0) is 43.1. The molecular weight excluding hydrogens is 777 g/mol. The van der Waals surface area contributed by atoms with Crippen LogP contribution in [0.3, 0.4) is 0 Å². The molecule has 19 nitrogen and oxygen atoms in total. The monoisotopic (exact) mass is 836 g/mol. The van der Waals surface area contributed by atoms with E-state index in [0.29, 0.717) is 139 Å². The number of benzene rings is 1. The van der Waals surface area contributed by atoms with Crippen molar-refractivity contribution in [2.45, 2.75) is 51.5 Å². The molecule has 328 valence electrons. The number of ether oxygens (including phenoxy) is 5. The molecule has 0 radical (unpaired) electrons. The number of terminal acetylenes is 1. The average Bonchev–Trinajstić information content (AvgIpc) is 3.81. The number of hydrogen-bond donors (Lipinski definition) is 2.